The lowest BCUT2D eigenvalue weighted by Crippen LogP contribution is -2.22. The van der Waals surface area contributed by atoms with Crippen LogP contribution in [0.25, 0.3) is 10.8 Å². The van der Waals surface area contributed by atoms with E-state index in [1.54, 1.807) is 0 Å². The molecule has 1 N–H and O–H groups in total. The van der Waals surface area contributed by atoms with E-state index in [2.05, 4.69) is 31.4 Å². The van der Waals surface area contributed by atoms with Gasteiger partial charge in [0.05, 0.1) is 13.6 Å². The van der Waals surface area contributed by atoms with Crippen LogP contribution in [0.3, 0.4) is 0 Å². The number of sulfonamides is 1. The summed E-state index contributed by atoms with van der Waals surface area (Å²) in [5.41, 5.74) is 0.265. The molecular weight excluding hydrogens is 444 g/mol. The number of anilines is 1. The van der Waals surface area contributed by atoms with E-state index in [-0.39, 0.29) is 16.5 Å². The molecule has 2 heterocycles. The maximum Gasteiger partial charge on any atom is 0.322 e. The van der Waals surface area contributed by atoms with E-state index in [1.165, 1.54) is 49.7 Å². The lowest BCUT2D eigenvalue weighted by Gasteiger charge is -2.11. The number of aromatic nitrogens is 2. The van der Waals surface area contributed by atoms with E-state index in [4.69, 9.17) is 4.42 Å². The quantitative estimate of drug-likeness (QED) is 0.632. The minimum atomic E-state index is -3.55. The van der Waals surface area contributed by atoms with Crippen molar-refractivity contribution in [3.05, 3.63) is 45.7 Å². The molecule has 0 aliphatic heterocycles. The minimum Gasteiger partial charge on any atom is -0.402 e. The molecule has 11 heteroatoms. The van der Waals surface area contributed by atoms with Gasteiger partial charge in [-0.05, 0) is 52.3 Å². The second-order valence-corrected chi connectivity index (χ2v) is 9.90. The van der Waals surface area contributed by atoms with E-state index in [0.717, 1.165) is 13.0 Å². The van der Waals surface area contributed by atoms with Gasteiger partial charge < -0.3 is 4.42 Å². The Kier molecular flexibility index (Phi) is 5.23. The summed E-state index contributed by atoms with van der Waals surface area (Å²) in [5, 5.41) is 10.2. The molecule has 1 aromatic carbocycles. The standard InChI is InChI=1S/C15H13BrN4O4S2/c1-20(2)26(22,23)10-5-3-9(4-6-10)13(21)17-15-19-18-14(24-15)11-7-8-12(16)25-11/h3-8H,1-2H3,(H,17,19,21). The number of carbonyl (C=O) groups is 1. The zero-order valence-electron chi connectivity index (χ0n) is 13.6. The number of amides is 1. The third-order valence-electron chi connectivity index (χ3n) is 3.32. The lowest BCUT2D eigenvalue weighted by molar-refractivity contribution is 0.102. The van der Waals surface area contributed by atoms with E-state index >= 15 is 0 Å². The first-order chi connectivity index (χ1) is 12.3. The van der Waals surface area contributed by atoms with Gasteiger partial charge in [0, 0.05) is 19.7 Å². The molecule has 0 saturated carbocycles. The summed E-state index contributed by atoms with van der Waals surface area (Å²) >= 11 is 4.77. The predicted molar refractivity (Wildman–Crippen MR) is 101 cm³/mol. The zero-order chi connectivity index (χ0) is 18.9. The second kappa shape index (κ2) is 7.27. The van der Waals surface area contributed by atoms with Gasteiger partial charge in [-0.25, -0.2) is 12.7 Å². The van der Waals surface area contributed by atoms with Crippen molar-refractivity contribution < 1.29 is 17.6 Å². The first-order valence-corrected chi connectivity index (χ1v) is 10.3. The molecule has 8 nitrogen and oxygen atoms in total. The number of nitrogens with zero attached hydrogens (tertiary/aromatic N) is 3. The Bertz CT molecular complexity index is 1040. The van der Waals surface area contributed by atoms with Crippen molar-refractivity contribution in [2.24, 2.45) is 0 Å². The van der Waals surface area contributed by atoms with Crippen LogP contribution in [-0.2, 0) is 10.0 Å². The van der Waals surface area contributed by atoms with Gasteiger partial charge in [0.2, 0.25) is 10.0 Å². The molecule has 26 heavy (non-hydrogen) atoms. The van der Waals surface area contributed by atoms with Crippen LogP contribution in [0.4, 0.5) is 6.01 Å². The molecule has 2 aromatic heterocycles. The van der Waals surface area contributed by atoms with Gasteiger partial charge in [-0.2, -0.15) is 0 Å². The highest BCUT2D eigenvalue weighted by atomic mass is 79.9. The van der Waals surface area contributed by atoms with Crippen LogP contribution < -0.4 is 5.32 Å². The average Bonchev–Trinajstić information content (AvgIpc) is 3.23. The molecule has 136 valence electrons. The Morgan fingerprint density at radius 1 is 1.15 bits per heavy atom. The van der Waals surface area contributed by atoms with Crippen LogP contribution >= 0.6 is 27.3 Å². The summed E-state index contributed by atoms with van der Waals surface area (Å²) in [4.78, 5) is 13.1. The Morgan fingerprint density at radius 2 is 1.85 bits per heavy atom. The van der Waals surface area contributed by atoms with Gasteiger partial charge in [0.15, 0.2) is 0 Å². The third kappa shape index (κ3) is 3.85. The van der Waals surface area contributed by atoms with Crippen molar-refractivity contribution >= 4 is 49.2 Å². The fraction of sp³-hybridized carbons (Fsp3) is 0.133. The van der Waals surface area contributed by atoms with E-state index in [1.807, 2.05) is 12.1 Å². The third-order valence-corrected chi connectivity index (χ3v) is 6.77. The molecule has 3 rings (SSSR count). The number of rotatable bonds is 5. The van der Waals surface area contributed by atoms with Gasteiger partial charge in [0.1, 0.15) is 0 Å². The lowest BCUT2D eigenvalue weighted by atomic mass is 10.2. The molecule has 0 atom stereocenters. The van der Waals surface area contributed by atoms with Crippen LogP contribution in [0.15, 0.2) is 49.5 Å². The maximum absolute atomic E-state index is 12.3. The predicted octanol–water partition coefficient (Wildman–Crippen LogP) is 3.06. The Balaban J connectivity index is 1.74. The number of hydrogen-bond acceptors (Lipinski definition) is 7. The highest BCUT2D eigenvalue weighted by molar-refractivity contribution is 9.11. The van der Waals surface area contributed by atoms with Gasteiger partial charge in [0.25, 0.3) is 11.8 Å². The summed E-state index contributed by atoms with van der Waals surface area (Å²) < 4.78 is 31.5. The van der Waals surface area contributed by atoms with Gasteiger partial charge in [-0.1, -0.05) is 5.10 Å². The smallest absolute Gasteiger partial charge is 0.322 e. The van der Waals surface area contributed by atoms with Gasteiger partial charge >= 0.3 is 6.01 Å². The highest BCUT2D eigenvalue weighted by Crippen LogP contribution is 2.31. The number of halogens is 1. The monoisotopic (exact) mass is 456 g/mol. The maximum atomic E-state index is 12.3. The molecule has 0 radical (unpaired) electrons. The average molecular weight is 457 g/mol. The normalized spacial score (nSPS) is 11.7. The van der Waals surface area contributed by atoms with Crippen LogP contribution in [0.2, 0.25) is 0 Å². The molecule has 0 saturated heterocycles. The van der Waals surface area contributed by atoms with Crippen molar-refractivity contribution in [3.63, 3.8) is 0 Å². The second-order valence-electron chi connectivity index (χ2n) is 5.28. The largest absolute Gasteiger partial charge is 0.402 e. The molecule has 1 amide bonds. The molecular formula is C15H13BrN4O4S2. The Hall–Kier alpha value is -2.08. The van der Waals surface area contributed by atoms with Crippen molar-refractivity contribution in [1.29, 1.82) is 0 Å². The number of carbonyl (C=O) groups excluding carboxylic acids is 1. The fourth-order valence-corrected chi connectivity index (χ4v) is 4.17. The zero-order valence-corrected chi connectivity index (χ0v) is 16.9. The van der Waals surface area contributed by atoms with E-state index < -0.39 is 15.9 Å². The summed E-state index contributed by atoms with van der Waals surface area (Å²) in [6.45, 7) is 0. The Morgan fingerprint density at radius 3 is 2.42 bits per heavy atom. The summed E-state index contributed by atoms with van der Waals surface area (Å²) in [5.74, 6) is -0.190. The topological polar surface area (TPSA) is 105 Å². The number of nitrogens with one attached hydrogen (secondary N) is 1. The highest BCUT2D eigenvalue weighted by Gasteiger charge is 2.18. The molecule has 0 bridgehead atoms. The molecule has 0 fully saturated rings. The first kappa shape index (κ1) is 18.7. The molecule has 0 aliphatic rings. The fourth-order valence-electron chi connectivity index (χ4n) is 1.96. The van der Waals surface area contributed by atoms with Crippen LogP contribution in [0.5, 0.6) is 0 Å². The first-order valence-electron chi connectivity index (χ1n) is 7.20. The van der Waals surface area contributed by atoms with Crippen LogP contribution in [0, 0.1) is 0 Å². The van der Waals surface area contributed by atoms with Gasteiger partial charge in [-0.15, -0.1) is 16.4 Å². The summed E-state index contributed by atoms with van der Waals surface area (Å²) in [6, 6.07) is 9.20. The number of thiophene rings is 1. The summed E-state index contributed by atoms with van der Waals surface area (Å²) in [7, 11) is -0.666. The molecule has 3 aromatic rings. The SMILES string of the molecule is CN(C)S(=O)(=O)c1ccc(C(=O)Nc2nnc(-c3ccc(Br)s3)o2)cc1. The number of benzene rings is 1. The van der Waals surface area contributed by atoms with Crippen LogP contribution in [-0.4, -0.2) is 42.9 Å². The van der Waals surface area contributed by atoms with Crippen LogP contribution in [0.1, 0.15) is 10.4 Å². The van der Waals surface area contributed by atoms with Crippen molar-refractivity contribution in [3.8, 4) is 10.8 Å². The van der Waals surface area contributed by atoms with E-state index in [9.17, 15) is 13.2 Å². The Labute approximate surface area is 162 Å². The minimum absolute atomic E-state index is 0.0421. The molecule has 0 aliphatic carbocycles. The molecule has 0 unspecified atom stereocenters. The molecule has 0 spiro atoms. The summed E-state index contributed by atoms with van der Waals surface area (Å²) in [6.07, 6.45) is 0. The van der Waals surface area contributed by atoms with Gasteiger partial charge in [-0.3, -0.25) is 10.1 Å². The van der Waals surface area contributed by atoms with Crippen molar-refractivity contribution in [1.82, 2.24) is 14.5 Å². The van der Waals surface area contributed by atoms with Crippen molar-refractivity contribution in [2.75, 3.05) is 19.4 Å². The number of hydrogen-bond donors (Lipinski definition) is 1. The van der Waals surface area contributed by atoms with Crippen molar-refractivity contribution in [2.45, 2.75) is 4.90 Å². The van der Waals surface area contributed by atoms with E-state index in [0.29, 0.717) is 5.89 Å².